The lowest BCUT2D eigenvalue weighted by Crippen LogP contribution is -2.36. The molecule has 0 bridgehead atoms. The average molecular weight is 371 g/mol. The molecule has 0 spiro atoms. The molecule has 7 heteroatoms. The molecule has 2 aromatic rings. The quantitative estimate of drug-likeness (QED) is 0.463. The monoisotopic (exact) mass is 371 g/mol. The Kier molecular flexibility index (Phi) is 8.38. The second kappa shape index (κ2) is 11.0. The third-order valence-electron chi connectivity index (χ3n) is 3.81. The van der Waals surface area contributed by atoms with Crippen LogP contribution in [0.4, 0.5) is 0 Å². The summed E-state index contributed by atoms with van der Waals surface area (Å²) in [5, 5.41) is 9.36. The lowest BCUT2D eigenvalue weighted by Gasteiger charge is -2.11. The Morgan fingerprint density at radius 1 is 1.15 bits per heavy atom. The van der Waals surface area contributed by atoms with E-state index in [1.54, 1.807) is 6.26 Å². The second-order valence-corrected chi connectivity index (χ2v) is 6.39. The number of amides is 1. The van der Waals surface area contributed by atoms with Gasteiger partial charge in [0, 0.05) is 25.2 Å². The lowest BCUT2D eigenvalue weighted by molar-refractivity contribution is 0.0951. The molecule has 0 fully saturated rings. The zero-order valence-corrected chi connectivity index (χ0v) is 16.3. The molecule has 0 aliphatic rings. The fourth-order valence-corrected chi connectivity index (χ4v) is 2.40. The van der Waals surface area contributed by atoms with Crippen molar-refractivity contribution >= 4 is 11.9 Å². The number of hydrogen-bond donors (Lipinski definition) is 3. The van der Waals surface area contributed by atoms with E-state index < -0.39 is 0 Å². The molecule has 1 heterocycles. The molecule has 0 unspecified atom stereocenters. The number of nitrogens with zero attached hydrogens (tertiary/aromatic N) is 2. The van der Waals surface area contributed by atoms with E-state index in [-0.39, 0.29) is 5.91 Å². The van der Waals surface area contributed by atoms with E-state index in [1.165, 1.54) is 0 Å². The summed E-state index contributed by atoms with van der Waals surface area (Å²) in [6.45, 7) is 5.25. The largest absolute Gasteiger partial charge is 0.467 e. The summed E-state index contributed by atoms with van der Waals surface area (Å²) >= 11 is 0. The van der Waals surface area contributed by atoms with Gasteiger partial charge in [-0.2, -0.15) is 0 Å². The minimum Gasteiger partial charge on any atom is -0.467 e. The van der Waals surface area contributed by atoms with Gasteiger partial charge in [0.15, 0.2) is 5.96 Å². The van der Waals surface area contributed by atoms with Gasteiger partial charge in [-0.3, -0.25) is 4.79 Å². The Morgan fingerprint density at radius 2 is 2.00 bits per heavy atom. The minimum absolute atomic E-state index is 0.0643. The standard InChI is InChI=1S/C20H29N5O2/c1-4-21-20(24-15-18-9-6-12-27-18)23-14-16-7-5-8-17(13-16)19(26)22-10-11-25(2)3/h5-9,12-13H,4,10-11,14-15H2,1-3H3,(H,22,26)(H2,21,23,24). The van der Waals surface area contributed by atoms with Gasteiger partial charge in [-0.05, 0) is 50.8 Å². The van der Waals surface area contributed by atoms with Crippen LogP contribution in [0.1, 0.15) is 28.6 Å². The Bertz CT molecular complexity index is 726. The first-order chi connectivity index (χ1) is 13.1. The van der Waals surface area contributed by atoms with E-state index in [1.807, 2.05) is 62.3 Å². The fraction of sp³-hybridized carbons (Fsp3) is 0.400. The smallest absolute Gasteiger partial charge is 0.251 e. The highest BCUT2D eigenvalue weighted by Gasteiger charge is 2.06. The van der Waals surface area contributed by atoms with E-state index in [0.29, 0.717) is 31.2 Å². The number of rotatable bonds is 9. The summed E-state index contributed by atoms with van der Waals surface area (Å²) in [6, 6.07) is 11.3. The Balaban J connectivity index is 1.93. The first-order valence-corrected chi connectivity index (χ1v) is 9.15. The SMILES string of the molecule is CCNC(=NCc1cccc(C(=O)NCCN(C)C)c1)NCc1ccco1. The average Bonchev–Trinajstić information content (AvgIpc) is 3.17. The number of furan rings is 1. The van der Waals surface area contributed by atoms with Crippen LogP contribution in [0.2, 0.25) is 0 Å². The van der Waals surface area contributed by atoms with Crippen LogP contribution in [-0.2, 0) is 13.1 Å². The van der Waals surface area contributed by atoms with Gasteiger partial charge in [0.25, 0.3) is 5.91 Å². The summed E-state index contributed by atoms with van der Waals surface area (Å²) in [7, 11) is 3.96. The molecule has 0 radical (unpaired) electrons. The first-order valence-electron chi connectivity index (χ1n) is 9.15. The van der Waals surface area contributed by atoms with Gasteiger partial charge in [0.2, 0.25) is 0 Å². The van der Waals surface area contributed by atoms with Crippen molar-refractivity contribution in [2.45, 2.75) is 20.0 Å². The number of guanidine groups is 1. The molecule has 0 saturated heterocycles. The van der Waals surface area contributed by atoms with Crippen LogP contribution in [0.25, 0.3) is 0 Å². The van der Waals surface area contributed by atoms with Crippen molar-refractivity contribution in [3.8, 4) is 0 Å². The lowest BCUT2D eigenvalue weighted by atomic mass is 10.1. The van der Waals surface area contributed by atoms with Gasteiger partial charge in [-0.25, -0.2) is 4.99 Å². The second-order valence-electron chi connectivity index (χ2n) is 6.39. The van der Waals surface area contributed by atoms with E-state index >= 15 is 0 Å². The predicted octanol–water partition coefficient (Wildman–Crippen LogP) is 1.83. The fourth-order valence-electron chi connectivity index (χ4n) is 2.40. The highest BCUT2D eigenvalue weighted by Crippen LogP contribution is 2.07. The molecule has 0 aliphatic heterocycles. The molecule has 1 aromatic heterocycles. The zero-order chi connectivity index (χ0) is 19.5. The maximum absolute atomic E-state index is 12.3. The third-order valence-corrected chi connectivity index (χ3v) is 3.81. The van der Waals surface area contributed by atoms with Crippen LogP contribution in [0.15, 0.2) is 52.1 Å². The summed E-state index contributed by atoms with van der Waals surface area (Å²) in [4.78, 5) is 18.9. The maximum atomic E-state index is 12.3. The molecular formula is C20H29N5O2. The molecule has 7 nitrogen and oxygen atoms in total. The molecule has 27 heavy (non-hydrogen) atoms. The molecule has 0 saturated carbocycles. The summed E-state index contributed by atoms with van der Waals surface area (Å²) in [6.07, 6.45) is 1.65. The van der Waals surface area contributed by atoms with Crippen LogP contribution < -0.4 is 16.0 Å². The van der Waals surface area contributed by atoms with Crippen molar-refractivity contribution < 1.29 is 9.21 Å². The molecule has 3 N–H and O–H groups in total. The number of benzene rings is 1. The van der Waals surface area contributed by atoms with E-state index in [4.69, 9.17) is 4.42 Å². The van der Waals surface area contributed by atoms with Crippen LogP contribution in [-0.4, -0.2) is 50.5 Å². The van der Waals surface area contributed by atoms with Gasteiger partial charge < -0.3 is 25.3 Å². The van der Waals surface area contributed by atoms with Crippen molar-refractivity contribution in [3.63, 3.8) is 0 Å². The Hall–Kier alpha value is -2.80. The van der Waals surface area contributed by atoms with Crippen LogP contribution in [0, 0.1) is 0 Å². The predicted molar refractivity (Wildman–Crippen MR) is 108 cm³/mol. The van der Waals surface area contributed by atoms with Gasteiger partial charge in [0.1, 0.15) is 5.76 Å². The molecule has 1 amide bonds. The highest BCUT2D eigenvalue weighted by molar-refractivity contribution is 5.94. The zero-order valence-electron chi connectivity index (χ0n) is 16.3. The number of hydrogen-bond acceptors (Lipinski definition) is 4. The van der Waals surface area contributed by atoms with Crippen molar-refractivity contribution in [2.24, 2.45) is 4.99 Å². The van der Waals surface area contributed by atoms with Crippen LogP contribution >= 0.6 is 0 Å². The van der Waals surface area contributed by atoms with E-state index in [0.717, 1.165) is 24.4 Å². The van der Waals surface area contributed by atoms with E-state index in [2.05, 4.69) is 20.9 Å². The van der Waals surface area contributed by atoms with Crippen molar-refractivity contribution in [1.82, 2.24) is 20.9 Å². The molecule has 146 valence electrons. The number of likely N-dealkylation sites (N-methyl/N-ethyl adjacent to an activating group) is 1. The maximum Gasteiger partial charge on any atom is 0.251 e. The minimum atomic E-state index is -0.0643. The number of carbonyl (C=O) groups excluding carboxylic acids is 1. The molecule has 1 aromatic carbocycles. The van der Waals surface area contributed by atoms with Crippen LogP contribution in [0.5, 0.6) is 0 Å². The molecular weight excluding hydrogens is 342 g/mol. The molecule has 0 aliphatic carbocycles. The molecule has 0 atom stereocenters. The van der Waals surface area contributed by atoms with Gasteiger partial charge in [0.05, 0.1) is 19.4 Å². The summed E-state index contributed by atoms with van der Waals surface area (Å²) < 4.78 is 5.32. The van der Waals surface area contributed by atoms with E-state index in [9.17, 15) is 4.79 Å². The number of carbonyl (C=O) groups is 1. The van der Waals surface area contributed by atoms with Gasteiger partial charge >= 0.3 is 0 Å². The van der Waals surface area contributed by atoms with Gasteiger partial charge in [-0.15, -0.1) is 0 Å². The van der Waals surface area contributed by atoms with Crippen LogP contribution in [0.3, 0.4) is 0 Å². The summed E-state index contributed by atoms with van der Waals surface area (Å²) in [5.41, 5.74) is 1.63. The summed E-state index contributed by atoms with van der Waals surface area (Å²) in [5.74, 6) is 1.48. The normalized spacial score (nSPS) is 11.5. The number of nitrogens with one attached hydrogen (secondary N) is 3. The van der Waals surface area contributed by atoms with Crippen molar-refractivity contribution in [3.05, 3.63) is 59.5 Å². The highest BCUT2D eigenvalue weighted by atomic mass is 16.3. The topological polar surface area (TPSA) is 81.9 Å². The third kappa shape index (κ3) is 7.53. The Morgan fingerprint density at radius 3 is 2.70 bits per heavy atom. The van der Waals surface area contributed by atoms with Crippen molar-refractivity contribution in [1.29, 1.82) is 0 Å². The molecule has 2 rings (SSSR count). The van der Waals surface area contributed by atoms with Gasteiger partial charge in [-0.1, -0.05) is 12.1 Å². The van der Waals surface area contributed by atoms with Crippen molar-refractivity contribution in [2.75, 3.05) is 33.7 Å². The number of aliphatic imine (C=N–C) groups is 1. The first kappa shape index (κ1) is 20.5. The Labute approximate surface area is 160 Å².